The first-order valence-corrected chi connectivity index (χ1v) is 9.87. The van der Waals surface area contributed by atoms with E-state index in [0.29, 0.717) is 6.42 Å². The van der Waals surface area contributed by atoms with E-state index in [2.05, 4.69) is 19.1 Å². The first-order chi connectivity index (χ1) is 12.1. The van der Waals surface area contributed by atoms with Gasteiger partial charge >= 0.3 is 5.97 Å². The average Bonchev–Trinajstić information content (AvgIpc) is 2.62. The molecule has 0 spiro atoms. The molecular formula is C20H38O5. The number of carbonyl (C=O) groups is 1. The van der Waals surface area contributed by atoms with E-state index in [4.69, 9.17) is 14.9 Å². The van der Waals surface area contributed by atoms with Crippen LogP contribution in [0.25, 0.3) is 0 Å². The smallest absolute Gasteiger partial charge is 0.305 e. The van der Waals surface area contributed by atoms with Gasteiger partial charge in [-0.05, 0) is 32.1 Å². The molecule has 2 unspecified atom stereocenters. The number of esters is 1. The lowest BCUT2D eigenvalue weighted by Crippen LogP contribution is -2.21. The number of unbranched alkanes of at least 4 members (excludes halogenated alkanes) is 7. The monoisotopic (exact) mass is 358 g/mol. The fourth-order valence-corrected chi connectivity index (χ4v) is 2.48. The molecule has 0 aliphatic rings. The molecular weight excluding hydrogens is 320 g/mol. The minimum atomic E-state index is -0.974. The number of hydrogen-bond donors (Lipinski definition) is 3. The average molecular weight is 359 g/mol. The summed E-state index contributed by atoms with van der Waals surface area (Å²) in [6, 6.07) is 0. The fraction of sp³-hybridized carbons (Fsp3) is 0.850. The van der Waals surface area contributed by atoms with Crippen molar-refractivity contribution in [2.45, 2.75) is 96.2 Å². The van der Waals surface area contributed by atoms with Gasteiger partial charge in [-0.1, -0.05) is 57.6 Å². The number of hydrogen-bond acceptors (Lipinski definition) is 5. The molecule has 0 aromatic rings. The summed E-state index contributed by atoms with van der Waals surface area (Å²) in [7, 11) is 0. The summed E-state index contributed by atoms with van der Waals surface area (Å²) in [6.45, 7) is 1.62. The summed E-state index contributed by atoms with van der Waals surface area (Å²) in [5.74, 6) is -0.307. The molecule has 5 nitrogen and oxygen atoms in total. The number of aliphatic hydroxyl groups excluding tert-OH is 3. The van der Waals surface area contributed by atoms with Crippen molar-refractivity contribution in [1.29, 1.82) is 0 Å². The van der Waals surface area contributed by atoms with E-state index in [1.165, 1.54) is 19.3 Å². The molecule has 0 aliphatic heterocycles. The van der Waals surface area contributed by atoms with Gasteiger partial charge in [0.05, 0.1) is 12.7 Å². The number of aliphatic hydroxyl groups is 3. The van der Waals surface area contributed by atoms with Crippen LogP contribution in [0.3, 0.4) is 0 Å². The van der Waals surface area contributed by atoms with Crippen LogP contribution in [0.5, 0.6) is 0 Å². The topological polar surface area (TPSA) is 87.0 Å². The third-order valence-corrected chi connectivity index (χ3v) is 4.11. The maximum atomic E-state index is 11.4. The predicted octanol–water partition coefficient (Wildman–Crippen LogP) is 3.50. The molecule has 0 rings (SSSR count). The second-order valence-corrected chi connectivity index (χ2v) is 6.68. The van der Waals surface area contributed by atoms with Crippen LogP contribution >= 0.6 is 0 Å². The minimum Gasteiger partial charge on any atom is -0.463 e. The van der Waals surface area contributed by atoms with Crippen LogP contribution in [0, 0.1) is 0 Å². The van der Waals surface area contributed by atoms with Crippen molar-refractivity contribution in [3.8, 4) is 0 Å². The quantitative estimate of drug-likeness (QED) is 0.210. The Morgan fingerprint density at radius 1 is 0.960 bits per heavy atom. The van der Waals surface area contributed by atoms with E-state index in [9.17, 15) is 9.90 Å². The van der Waals surface area contributed by atoms with Crippen LogP contribution < -0.4 is 0 Å². The van der Waals surface area contributed by atoms with Gasteiger partial charge in [0.15, 0.2) is 0 Å². The van der Waals surface area contributed by atoms with Gasteiger partial charge in [0.1, 0.15) is 12.7 Å². The van der Waals surface area contributed by atoms with E-state index in [1.54, 1.807) is 0 Å². The summed E-state index contributed by atoms with van der Waals surface area (Å²) in [6.07, 6.45) is 14.9. The zero-order valence-corrected chi connectivity index (χ0v) is 15.9. The summed E-state index contributed by atoms with van der Waals surface area (Å²) in [5, 5.41) is 27.4. The predicted molar refractivity (Wildman–Crippen MR) is 100 cm³/mol. The van der Waals surface area contributed by atoms with Crippen molar-refractivity contribution in [3.63, 3.8) is 0 Å². The Morgan fingerprint density at radius 2 is 1.64 bits per heavy atom. The molecule has 0 saturated heterocycles. The molecule has 0 amide bonds. The Hall–Kier alpha value is -0.910. The SMILES string of the molecule is CCCCC(O)C/C=C/CCCCCCCCC(=O)OCC(O)CO. The van der Waals surface area contributed by atoms with Crippen LogP contribution in [0.15, 0.2) is 12.2 Å². The Morgan fingerprint density at radius 3 is 2.32 bits per heavy atom. The van der Waals surface area contributed by atoms with Gasteiger partial charge in [0.2, 0.25) is 0 Å². The van der Waals surface area contributed by atoms with Gasteiger partial charge < -0.3 is 20.1 Å². The lowest BCUT2D eigenvalue weighted by atomic mass is 10.1. The maximum Gasteiger partial charge on any atom is 0.305 e. The largest absolute Gasteiger partial charge is 0.463 e. The Balaban J connectivity index is 3.32. The van der Waals surface area contributed by atoms with Crippen molar-refractivity contribution in [2.24, 2.45) is 0 Å². The van der Waals surface area contributed by atoms with Gasteiger partial charge in [0.25, 0.3) is 0 Å². The minimum absolute atomic E-state index is 0.127. The lowest BCUT2D eigenvalue weighted by Gasteiger charge is -2.08. The molecule has 0 aromatic heterocycles. The molecule has 0 radical (unpaired) electrons. The standard InChI is InChI=1S/C20H38O5/c1-2-3-13-18(22)14-11-9-7-5-4-6-8-10-12-15-20(24)25-17-19(23)16-21/h9,11,18-19,21-23H,2-8,10,12-17H2,1H3/b11-9+. The fourth-order valence-electron chi connectivity index (χ4n) is 2.48. The van der Waals surface area contributed by atoms with Crippen molar-refractivity contribution >= 4 is 5.97 Å². The van der Waals surface area contributed by atoms with Crippen molar-refractivity contribution in [3.05, 3.63) is 12.2 Å². The third-order valence-electron chi connectivity index (χ3n) is 4.11. The summed E-state index contributed by atoms with van der Waals surface area (Å²) < 4.78 is 4.84. The maximum absolute atomic E-state index is 11.4. The number of rotatable bonds is 17. The second-order valence-electron chi connectivity index (χ2n) is 6.68. The molecule has 25 heavy (non-hydrogen) atoms. The van der Waals surface area contributed by atoms with Gasteiger partial charge in [-0.3, -0.25) is 4.79 Å². The highest BCUT2D eigenvalue weighted by Gasteiger charge is 2.07. The zero-order chi connectivity index (χ0) is 18.8. The molecule has 3 N–H and O–H groups in total. The van der Waals surface area contributed by atoms with Crippen LogP contribution in [-0.4, -0.2) is 46.7 Å². The van der Waals surface area contributed by atoms with E-state index < -0.39 is 6.10 Å². The molecule has 0 bridgehead atoms. The highest BCUT2D eigenvalue weighted by atomic mass is 16.5. The molecule has 0 saturated carbocycles. The van der Waals surface area contributed by atoms with E-state index in [1.807, 2.05) is 0 Å². The van der Waals surface area contributed by atoms with Crippen molar-refractivity contribution < 1.29 is 24.9 Å². The van der Waals surface area contributed by atoms with E-state index in [-0.39, 0.29) is 25.3 Å². The highest BCUT2D eigenvalue weighted by Crippen LogP contribution is 2.10. The van der Waals surface area contributed by atoms with Crippen LogP contribution in [0.1, 0.15) is 84.0 Å². The first-order valence-electron chi connectivity index (χ1n) is 9.87. The van der Waals surface area contributed by atoms with Gasteiger partial charge in [0, 0.05) is 6.42 Å². The zero-order valence-electron chi connectivity index (χ0n) is 15.9. The highest BCUT2D eigenvalue weighted by molar-refractivity contribution is 5.69. The van der Waals surface area contributed by atoms with Gasteiger partial charge in [-0.15, -0.1) is 0 Å². The Bertz CT molecular complexity index is 330. The normalized spacial score (nSPS) is 13.9. The van der Waals surface area contributed by atoms with Crippen LogP contribution in [0.2, 0.25) is 0 Å². The number of carbonyl (C=O) groups excluding carboxylic acids is 1. The third kappa shape index (κ3) is 17.7. The Labute approximate surface area is 153 Å². The van der Waals surface area contributed by atoms with Crippen LogP contribution in [0.4, 0.5) is 0 Å². The molecule has 2 atom stereocenters. The summed E-state index contributed by atoms with van der Waals surface area (Å²) >= 11 is 0. The van der Waals surface area contributed by atoms with Crippen molar-refractivity contribution in [2.75, 3.05) is 13.2 Å². The lowest BCUT2D eigenvalue weighted by molar-refractivity contribution is -0.147. The molecule has 0 heterocycles. The summed E-state index contributed by atoms with van der Waals surface area (Å²) in [5.41, 5.74) is 0. The molecule has 0 aliphatic carbocycles. The van der Waals surface area contributed by atoms with Gasteiger partial charge in [-0.2, -0.15) is 0 Å². The molecule has 0 fully saturated rings. The number of ether oxygens (including phenoxy) is 1. The van der Waals surface area contributed by atoms with E-state index in [0.717, 1.165) is 51.4 Å². The second kappa shape index (κ2) is 17.9. The Kier molecular flexibility index (Phi) is 17.2. The van der Waals surface area contributed by atoms with Crippen LogP contribution in [-0.2, 0) is 9.53 Å². The van der Waals surface area contributed by atoms with Gasteiger partial charge in [-0.25, -0.2) is 0 Å². The molecule has 5 heteroatoms. The van der Waals surface area contributed by atoms with Crippen molar-refractivity contribution in [1.82, 2.24) is 0 Å². The summed E-state index contributed by atoms with van der Waals surface area (Å²) in [4.78, 5) is 11.4. The number of allylic oxidation sites excluding steroid dienone is 1. The molecule has 0 aromatic carbocycles. The van der Waals surface area contributed by atoms with E-state index >= 15 is 0 Å². The molecule has 148 valence electrons. The first kappa shape index (κ1) is 24.1.